The first-order chi connectivity index (χ1) is 12.9. The van der Waals surface area contributed by atoms with E-state index in [1.807, 2.05) is 0 Å². The minimum absolute atomic E-state index is 0.0330. The van der Waals surface area contributed by atoms with Crippen molar-refractivity contribution in [2.24, 2.45) is 17.8 Å². The van der Waals surface area contributed by atoms with E-state index >= 15 is 0 Å². The Kier molecular flexibility index (Phi) is 4.53. The van der Waals surface area contributed by atoms with E-state index in [0.29, 0.717) is 17.8 Å². The quantitative estimate of drug-likeness (QED) is 0.704. The molecule has 0 unspecified atom stereocenters. The van der Waals surface area contributed by atoms with E-state index in [9.17, 15) is 19.5 Å². The summed E-state index contributed by atoms with van der Waals surface area (Å²) in [6, 6.07) is 5.00. The Morgan fingerprint density at radius 3 is 2.11 bits per heavy atom. The topological polar surface area (TPSA) is 105 Å². The third-order valence-corrected chi connectivity index (χ3v) is 6.11. The Balaban J connectivity index is 1.25. The number of benzene rings is 1. The van der Waals surface area contributed by atoms with Crippen LogP contribution in [0.15, 0.2) is 24.3 Å². The lowest BCUT2D eigenvalue weighted by molar-refractivity contribution is -0.123. The van der Waals surface area contributed by atoms with Crippen molar-refractivity contribution in [3.8, 4) is 5.75 Å². The average Bonchev–Trinajstić information content (AvgIpc) is 2.58. The Bertz CT molecular complexity index is 723. The van der Waals surface area contributed by atoms with Gasteiger partial charge in [0.25, 0.3) is 5.91 Å². The molecule has 0 atom stereocenters. The molecule has 4 aliphatic rings. The molecule has 1 aromatic rings. The number of aromatic hydroxyl groups is 1. The van der Waals surface area contributed by atoms with Gasteiger partial charge in [-0.2, -0.15) is 0 Å². The monoisotopic (exact) mass is 372 g/mol. The molecular formula is C20H24N2O5. The van der Waals surface area contributed by atoms with Crippen LogP contribution in [0.5, 0.6) is 5.75 Å². The van der Waals surface area contributed by atoms with Crippen LogP contribution in [0.4, 0.5) is 4.79 Å². The summed E-state index contributed by atoms with van der Waals surface area (Å²) in [5.74, 6) is 0.761. The van der Waals surface area contributed by atoms with Crippen LogP contribution in [0, 0.1) is 17.8 Å². The van der Waals surface area contributed by atoms with Crippen molar-refractivity contribution in [2.45, 2.75) is 44.1 Å². The van der Waals surface area contributed by atoms with Gasteiger partial charge in [-0.3, -0.25) is 10.1 Å². The second-order valence-corrected chi connectivity index (χ2v) is 8.32. The molecule has 27 heavy (non-hydrogen) atoms. The summed E-state index contributed by atoms with van der Waals surface area (Å²) in [7, 11) is 0. The fourth-order valence-electron chi connectivity index (χ4n) is 5.51. The number of esters is 1. The Morgan fingerprint density at radius 1 is 1.00 bits per heavy atom. The number of phenols is 1. The second-order valence-electron chi connectivity index (χ2n) is 8.32. The molecule has 0 saturated heterocycles. The number of amides is 3. The molecule has 4 bridgehead atoms. The first-order valence-electron chi connectivity index (χ1n) is 9.49. The molecule has 3 N–H and O–H groups in total. The van der Waals surface area contributed by atoms with Gasteiger partial charge in [0.1, 0.15) is 5.75 Å². The van der Waals surface area contributed by atoms with Crippen LogP contribution in [0.3, 0.4) is 0 Å². The number of rotatable bonds is 4. The maximum atomic E-state index is 12.3. The van der Waals surface area contributed by atoms with E-state index in [1.165, 1.54) is 43.5 Å². The number of ether oxygens (including phenoxy) is 1. The number of hydrogen-bond acceptors (Lipinski definition) is 5. The smallest absolute Gasteiger partial charge is 0.338 e. The van der Waals surface area contributed by atoms with Crippen LogP contribution in [-0.4, -0.2) is 35.2 Å². The molecule has 1 aromatic carbocycles. The molecule has 144 valence electrons. The van der Waals surface area contributed by atoms with Gasteiger partial charge in [-0.25, -0.2) is 9.59 Å². The first kappa shape index (κ1) is 17.8. The van der Waals surface area contributed by atoms with Gasteiger partial charge in [0.15, 0.2) is 6.61 Å². The first-order valence-corrected chi connectivity index (χ1v) is 9.49. The summed E-state index contributed by atoms with van der Waals surface area (Å²) < 4.78 is 4.91. The highest BCUT2D eigenvalue weighted by atomic mass is 16.5. The van der Waals surface area contributed by atoms with Crippen LogP contribution in [0.2, 0.25) is 0 Å². The molecule has 4 fully saturated rings. The van der Waals surface area contributed by atoms with Crippen molar-refractivity contribution in [3.05, 3.63) is 29.8 Å². The van der Waals surface area contributed by atoms with Gasteiger partial charge in [0.05, 0.1) is 5.56 Å². The van der Waals surface area contributed by atoms with Gasteiger partial charge in [0.2, 0.25) is 0 Å². The third kappa shape index (κ3) is 3.91. The predicted octanol–water partition coefficient (Wildman–Crippen LogP) is 2.34. The van der Waals surface area contributed by atoms with Crippen LogP contribution in [0.25, 0.3) is 0 Å². The highest BCUT2D eigenvalue weighted by molar-refractivity contribution is 5.97. The van der Waals surface area contributed by atoms with Crippen LogP contribution >= 0.6 is 0 Å². The predicted molar refractivity (Wildman–Crippen MR) is 96.0 cm³/mol. The molecule has 0 aliphatic heterocycles. The zero-order valence-electron chi connectivity index (χ0n) is 15.1. The van der Waals surface area contributed by atoms with Gasteiger partial charge in [-0.05, 0) is 80.5 Å². The zero-order chi connectivity index (χ0) is 19.0. The summed E-state index contributed by atoms with van der Waals surface area (Å²) in [4.78, 5) is 36.1. The maximum absolute atomic E-state index is 12.3. The average molecular weight is 372 g/mol. The molecule has 4 aliphatic carbocycles. The van der Waals surface area contributed by atoms with Crippen LogP contribution in [0.1, 0.15) is 48.9 Å². The van der Waals surface area contributed by atoms with Crippen LogP contribution in [-0.2, 0) is 9.53 Å². The van der Waals surface area contributed by atoms with Gasteiger partial charge < -0.3 is 15.2 Å². The minimum atomic E-state index is -0.688. The van der Waals surface area contributed by atoms with E-state index in [2.05, 4.69) is 10.6 Å². The summed E-state index contributed by atoms with van der Waals surface area (Å²) in [6.07, 6.45) is 6.81. The Morgan fingerprint density at radius 2 is 1.56 bits per heavy atom. The lowest BCUT2D eigenvalue weighted by atomic mass is 9.53. The number of phenolic OH excluding ortho intramolecular Hbond substituents is 1. The third-order valence-electron chi connectivity index (χ3n) is 6.11. The van der Waals surface area contributed by atoms with Crippen molar-refractivity contribution in [3.63, 3.8) is 0 Å². The van der Waals surface area contributed by atoms with Gasteiger partial charge in [0, 0.05) is 5.54 Å². The lowest BCUT2D eigenvalue weighted by Crippen LogP contribution is -2.62. The number of urea groups is 1. The summed E-state index contributed by atoms with van der Waals surface area (Å²) in [5.41, 5.74) is 0.0422. The van der Waals surface area contributed by atoms with Crippen molar-refractivity contribution in [2.75, 3.05) is 6.61 Å². The SMILES string of the molecule is O=C(COC(=O)c1ccc(O)cc1)NC(=O)NC12CC3CC(CC(C3)C1)C2. The Labute approximate surface area is 157 Å². The van der Waals surface area contributed by atoms with Crippen LogP contribution < -0.4 is 10.6 Å². The fourth-order valence-corrected chi connectivity index (χ4v) is 5.51. The van der Waals surface area contributed by atoms with Crippen molar-refractivity contribution < 1.29 is 24.2 Å². The molecule has 0 radical (unpaired) electrons. The van der Waals surface area contributed by atoms with E-state index < -0.39 is 24.5 Å². The largest absolute Gasteiger partial charge is 0.508 e. The second kappa shape index (κ2) is 6.87. The number of hydrogen-bond donors (Lipinski definition) is 3. The molecule has 7 heteroatoms. The van der Waals surface area contributed by atoms with Gasteiger partial charge in [-0.15, -0.1) is 0 Å². The van der Waals surface area contributed by atoms with E-state index in [-0.39, 0.29) is 16.9 Å². The maximum Gasteiger partial charge on any atom is 0.338 e. The summed E-state index contributed by atoms with van der Waals surface area (Å²) in [6.45, 7) is -0.534. The molecule has 3 amide bonds. The highest BCUT2D eigenvalue weighted by Crippen LogP contribution is 2.55. The van der Waals surface area contributed by atoms with Crippen molar-refractivity contribution >= 4 is 17.9 Å². The van der Waals surface area contributed by atoms with E-state index in [4.69, 9.17) is 4.74 Å². The number of nitrogens with one attached hydrogen (secondary N) is 2. The number of imide groups is 1. The summed E-state index contributed by atoms with van der Waals surface area (Å²) >= 11 is 0. The molecule has 7 nitrogen and oxygen atoms in total. The van der Waals surface area contributed by atoms with Gasteiger partial charge in [-0.1, -0.05) is 0 Å². The van der Waals surface area contributed by atoms with E-state index in [1.54, 1.807) is 0 Å². The standard InChI is InChI=1S/C20H24N2O5/c23-16-3-1-15(2-4-16)18(25)27-11-17(24)21-19(26)22-20-8-12-5-13(9-20)7-14(6-12)10-20/h1-4,12-14,23H,5-11H2,(H2,21,22,24,26). The number of carbonyl (C=O) groups excluding carboxylic acids is 3. The highest BCUT2D eigenvalue weighted by Gasteiger charge is 2.51. The minimum Gasteiger partial charge on any atom is -0.508 e. The fraction of sp³-hybridized carbons (Fsp3) is 0.550. The molecular weight excluding hydrogens is 348 g/mol. The normalized spacial score (nSPS) is 30.6. The molecule has 5 rings (SSSR count). The van der Waals surface area contributed by atoms with Gasteiger partial charge >= 0.3 is 12.0 Å². The number of carbonyl (C=O) groups is 3. The Hall–Kier alpha value is -2.57. The van der Waals surface area contributed by atoms with Crippen molar-refractivity contribution in [1.29, 1.82) is 0 Å². The molecule has 4 saturated carbocycles. The molecule has 0 spiro atoms. The summed E-state index contributed by atoms with van der Waals surface area (Å²) in [5, 5.41) is 14.5. The zero-order valence-corrected chi connectivity index (χ0v) is 15.1. The molecule has 0 aromatic heterocycles. The lowest BCUT2D eigenvalue weighted by Gasteiger charge is -2.56. The molecule has 0 heterocycles. The van der Waals surface area contributed by atoms with Crippen molar-refractivity contribution in [1.82, 2.24) is 10.6 Å². The van der Waals surface area contributed by atoms with E-state index in [0.717, 1.165) is 19.3 Å².